The lowest BCUT2D eigenvalue weighted by atomic mass is 10.0. The van der Waals surface area contributed by atoms with Crippen LogP contribution in [0.2, 0.25) is 0 Å². The maximum Gasteiger partial charge on any atom is 0.204 e. The van der Waals surface area contributed by atoms with Crippen LogP contribution < -0.4 is 4.73 Å². The Hall–Kier alpha value is -2.62. The molecule has 0 spiro atoms. The number of carbonyl (C=O) groups excluding carboxylic acids is 1. The molecular weight excluding hydrogens is 276 g/mol. The van der Waals surface area contributed by atoms with Crippen LogP contribution in [0.4, 0.5) is 0 Å². The van der Waals surface area contributed by atoms with Gasteiger partial charge in [0, 0.05) is 29.1 Å². The van der Waals surface area contributed by atoms with E-state index >= 15 is 0 Å². The third-order valence-electron chi connectivity index (χ3n) is 3.54. The highest BCUT2D eigenvalue weighted by molar-refractivity contribution is 6.09. The van der Waals surface area contributed by atoms with E-state index in [9.17, 15) is 10.0 Å². The highest BCUT2D eigenvalue weighted by Gasteiger charge is 2.18. The summed E-state index contributed by atoms with van der Waals surface area (Å²) in [7, 11) is 0. The molecule has 4 nitrogen and oxygen atoms in total. The number of ketones is 1. The van der Waals surface area contributed by atoms with Crippen molar-refractivity contribution in [1.29, 1.82) is 0 Å². The van der Waals surface area contributed by atoms with Crippen molar-refractivity contribution in [1.82, 2.24) is 4.57 Å². The minimum absolute atomic E-state index is 0. The van der Waals surface area contributed by atoms with Gasteiger partial charge in [0.05, 0.1) is 5.52 Å². The van der Waals surface area contributed by atoms with Crippen LogP contribution in [-0.2, 0) is 0 Å². The molecule has 1 aromatic carbocycles. The first kappa shape index (κ1) is 15.8. The number of pyridine rings is 1. The van der Waals surface area contributed by atoms with E-state index in [1.807, 2.05) is 54.9 Å². The van der Waals surface area contributed by atoms with Crippen molar-refractivity contribution >= 4 is 16.7 Å². The quantitative estimate of drug-likeness (QED) is 0.420. The maximum absolute atomic E-state index is 12.4. The summed E-state index contributed by atoms with van der Waals surface area (Å²) in [5.74, 6) is 0.0420. The van der Waals surface area contributed by atoms with Gasteiger partial charge in [-0.25, -0.2) is 0 Å². The summed E-state index contributed by atoms with van der Waals surface area (Å²) in [4.78, 5) is 12.4. The van der Waals surface area contributed by atoms with Crippen molar-refractivity contribution in [2.75, 3.05) is 0 Å². The zero-order chi connectivity index (χ0) is 15.0. The fourth-order valence-corrected chi connectivity index (χ4v) is 2.49. The first-order chi connectivity index (χ1) is 10.1. The molecule has 2 aromatic heterocycles. The smallest absolute Gasteiger partial charge is 0.204 e. The highest BCUT2D eigenvalue weighted by Crippen LogP contribution is 2.26. The number of aromatic nitrogens is 2. The van der Waals surface area contributed by atoms with E-state index in [4.69, 9.17) is 0 Å². The van der Waals surface area contributed by atoms with Crippen LogP contribution in [0, 0.1) is 11.1 Å². The fourth-order valence-electron chi connectivity index (χ4n) is 2.49. The number of para-hydroxylation sites is 1. The molecule has 0 saturated heterocycles. The highest BCUT2D eigenvalue weighted by atomic mass is 16.5. The minimum atomic E-state index is -0.0653. The molecule has 0 saturated carbocycles. The molecule has 0 unspecified atom stereocenters. The molecular formula is C18H20N2O2. The lowest BCUT2D eigenvalue weighted by Crippen LogP contribution is -2.24. The average molecular weight is 296 g/mol. The monoisotopic (exact) mass is 296 g/mol. The molecule has 3 rings (SSSR count). The van der Waals surface area contributed by atoms with Crippen molar-refractivity contribution in [3.8, 4) is 5.69 Å². The average Bonchev–Trinajstić information content (AvgIpc) is 2.86. The lowest BCUT2D eigenvalue weighted by molar-refractivity contribution is -0.605. The Morgan fingerprint density at radius 2 is 1.91 bits per heavy atom. The summed E-state index contributed by atoms with van der Waals surface area (Å²) in [5, 5.41) is 12.4. The van der Waals surface area contributed by atoms with E-state index in [1.165, 1.54) is 12.4 Å². The van der Waals surface area contributed by atoms with Crippen molar-refractivity contribution in [2.45, 2.75) is 21.3 Å². The number of hydrogen-bond acceptors (Lipinski definition) is 2. The van der Waals surface area contributed by atoms with Crippen molar-refractivity contribution in [3.63, 3.8) is 0 Å². The summed E-state index contributed by atoms with van der Waals surface area (Å²) in [6, 6.07) is 11.3. The van der Waals surface area contributed by atoms with Crippen molar-refractivity contribution in [2.24, 2.45) is 5.92 Å². The minimum Gasteiger partial charge on any atom is -0.619 e. The van der Waals surface area contributed by atoms with E-state index < -0.39 is 0 Å². The second kappa shape index (κ2) is 6.02. The maximum atomic E-state index is 12.4. The molecule has 0 amide bonds. The van der Waals surface area contributed by atoms with E-state index in [0.717, 1.165) is 21.3 Å². The predicted molar refractivity (Wildman–Crippen MR) is 88.1 cm³/mol. The molecule has 0 fully saturated rings. The van der Waals surface area contributed by atoms with E-state index in [1.54, 1.807) is 6.07 Å². The topological polar surface area (TPSA) is 48.9 Å². The molecule has 4 heteroatoms. The molecule has 0 N–H and O–H groups in total. The third kappa shape index (κ3) is 2.60. The van der Waals surface area contributed by atoms with E-state index in [-0.39, 0.29) is 19.1 Å². The molecule has 0 atom stereocenters. The fraction of sp³-hybridized carbons (Fsp3) is 0.222. The first-order valence-corrected chi connectivity index (χ1v) is 6.91. The Labute approximate surface area is 130 Å². The first-order valence-electron chi connectivity index (χ1n) is 6.91. The number of fused-ring (bicyclic) bond motifs is 1. The van der Waals surface area contributed by atoms with Gasteiger partial charge in [0.1, 0.15) is 5.69 Å². The zero-order valence-electron chi connectivity index (χ0n) is 12.0. The van der Waals surface area contributed by atoms with Gasteiger partial charge in [0.2, 0.25) is 6.20 Å². The van der Waals surface area contributed by atoms with Gasteiger partial charge in [0.15, 0.2) is 12.0 Å². The normalized spacial score (nSPS) is 10.7. The van der Waals surface area contributed by atoms with Gasteiger partial charge in [-0.15, -0.1) is 0 Å². The molecule has 2 heterocycles. The molecule has 0 bridgehead atoms. The molecule has 0 aliphatic rings. The Morgan fingerprint density at radius 3 is 2.59 bits per heavy atom. The van der Waals surface area contributed by atoms with E-state index in [2.05, 4.69) is 0 Å². The Balaban J connectivity index is 0.00000176. The molecule has 0 aliphatic carbocycles. The number of carbonyl (C=O) groups is 1. The Morgan fingerprint density at radius 1 is 1.18 bits per heavy atom. The summed E-state index contributed by atoms with van der Waals surface area (Å²) < 4.78 is 2.65. The van der Waals surface area contributed by atoms with Gasteiger partial charge in [0.25, 0.3) is 0 Å². The van der Waals surface area contributed by atoms with Crippen LogP contribution >= 0.6 is 0 Å². The molecule has 114 valence electrons. The Bertz CT molecular complexity index is 819. The van der Waals surface area contributed by atoms with E-state index in [0.29, 0.717) is 5.56 Å². The number of hydrogen-bond donors (Lipinski definition) is 0. The van der Waals surface area contributed by atoms with Gasteiger partial charge in [-0.2, -0.15) is 4.73 Å². The summed E-state index contributed by atoms with van der Waals surface area (Å²) in [6.07, 6.45) is 4.76. The summed E-state index contributed by atoms with van der Waals surface area (Å²) in [5.41, 5.74) is 2.36. The van der Waals surface area contributed by atoms with Crippen LogP contribution in [0.3, 0.4) is 0 Å². The molecule has 0 aliphatic heterocycles. The number of nitrogens with zero attached hydrogens (tertiary/aromatic N) is 2. The largest absolute Gasteiger partial charge is 0.619 e. The molecule has 0 radical (unpaired) electrons. The van der Waals surface area contributed by atoms with Gasteiger partial charge in [-0.3, -0.25) is 4.79 Å². The number of rotatable bonds is 3. The lowest BCUT2D eigenvalue weighted by Gasteiger charge is -2.04. The van der Waals surface area contributed by atoms with Crippen LogP contribution in [0.15, 0.2) is 55.0 Å². The number of benzene rings is 1. The zero-order valence-corrected chi connectivity index (χ0v) is 12.0. The second-order valence-electron chi connectivity index (χ2n) is 5.37. The van der Waals surface area contributed by atoms with Crippen LogP contribution in [0.1, 0.15) is 31.6 Å². The number of Topliss-reactive ketones (excluding diaryl/α,β-unsaturated/α-hetero) is 1. The van der Waals surface area contributed by atoms with Gasteiger partial charge >= 0.3 is 0 Å². The summed E-state index contributed by atoms with van der Waals surface area (Å²) >= 11 is 0. The van der Waals surface area contributed by atoms with Crippen LogP contribution in [-0.4, -0.2) is 10.4 Å². The van der Waals surface area contributed by atoms with Crippen molar-refractivity contribution in [3.05, 3.63) is 65.8 Å². The SMILES string of the molecule is C.CC(C)C(=O)c1cn(-c2ccc[n+]([O-])c2)c2ccccc12. The molecule has 22 heavy (non-hydrogen) atoms. The van der Waals surface area contributed by atoms with Gasteiger partial charge in [-0.1, -0.05) is 39.5 Å². The van der Waals surface area contributed by atoms with Crippen LogP contribution in [0.25, 0.3) is 16.6 Å². The van der Waals surface area contributed by atoms with Crippen LogP contribution in [0.5, 0.6) is 0 Å². The standard InChI is InChI=1S/C17H16N2O2.CH4/c1-12(2)17(20)15-11-19(13-6-5-9-18(21)10-13)16-8-4-3-7-14(15)16;/h3-12H,1-2H3;1H4. The predicted octanol–water partition coefficient (Wildman–Crippen LogP) is 3.74. The van der Waals surface area contributed by atoms with Gasteiger partial charge in [-0.05, 0) is 12.1 Å². The van der Waals surface area contributed by atoms with Crippen molar-refractivity contribution < 1.29 is 9.52 Å². The molecule has 3 aromatic rings. The Kier molecular flexibility index (Phi) is 4.31. The second-order valence-corrected chi connectivity index (χ2v) is 5.37. The third-order valence-corrected chi connectivity index (χ3v) is 3.54. The summed E-state index contributed by atoms with van der Waals surface area (Å²) in [6.45, 7) is 3.78. The van der Waals surface area contributed by atoms with Gasteiger partial charge < -0.3 is 9.77 Å².